The molecular formula is C63H49N5. The highest BCUT2D eigenvalue weighted by Gasteiger charge is 2.49. The standard InChI is InChI=1S/C63H49N5/c1-39-62(2,3)53-23-15-22-48(56(53)63(39,4)5)43-29-26-41(27-30-43)42-32-34-47(35-33-42)67-54-24-13-11-20-49(54)51-36-37-52-50-21-12-14-25-55(50)68(58(52)57(51)67)61-65-59(44-17-7-6-8-18-44)64-60(66-61)46-31-28-40-16-9-10-19-45(40)38-46/h6-39H,1-5H3. The Labute approximate surface area is 396 Å². The van der Waals surface area contributed by atoms with E-state index in [2.05, 4.69) is 226 Å². The molecular weight excluding hydrogens is 827 g/mol. The minimum absolute atomic E-state index is 0.0773. The molecule has 0 spiro atoms. The number of hydrogen-bond acceptors (Lipinski definition) is 3. The van der Waals surface area contributed by atoms with Gasteiger partial charge in [0, 0.05) is 38.4 Å². The number of fused-ring (bicyclic) bond motifs is 9. The van der Waals surface area contributed by atoms with Crippen LogP contribution in [0.4, 0.5) is 0 Å². The summed E-state index contributed by atoms with van der Waals surface area (Å²) in [7, 11) is 0. The van der Waals surface area contributed by atoms with E-state index >= 15 is 0 Å². The third kappa shape index (κ3) is 5.98. The molecule has 9 aromatic carbocycles. The van der Waals surface area contributed by atoms with Crippen molar-refractivity contribution in [3.8, 4) is 56.7 Å². The summed E-state index contributed by atoms with van der Waals surface area (Å²) in [5, 5.41) is 6.93. The molecule has 5 heteroatoms. The van der Waals surface area contributed by atoms with E-state index in [1.54, 1.807) is 0 Å². The Kier molecular flexibility index (Phi) is 8.82. The van der Waals surface area contributed by atoms with Crippen molar-refractivity contribution in [2.45, 2.75) is 45.4 Å². The van der Waals surface area contributed by atoms with Crippen LogP contribution < -0.4 is 0 Å². The molecule has 0 amide bonds. The van der Waals surface area contributed by atoms with Crippen LogP contribution in [-0.4, -0.2) is 24.1 Å². The zero-order chi connectivity index (χ0) is 45.9. The predicted molar refractivity (Wildman–Crippen MR) is 283 cm³/mol. The second-order valence-corrected chi connectivity index (χ2v) is 19.8. The lowest BCUT2D eigenvalue weighted by atomic mass is 9.71. The van der Waals surface area contributed by atoms with Crippen molar-refractivity contribution in [1.29, 1.82) is 0 Å². The summed E-state index contributed by atoms with van der Waals surface area (Å²) in [6, 6.07) is 72.2. The number of hydrogen-bond donors (Lipinski definition) is 0. The van der Waals surface area contributed by atoms with Gasteiger partial charge in [-0.2, -0.15) is 9.97 Å². The molecule has 5 nitrogen and oxygen atoms in total. The normalized spacial score (nSPS) is 15.2. The molecule has 1 atom stereocenters. The summed E-state index contributed by atoms with van der Waals surface area (Å²) in [6.07, 6.45) is 0. The first kappa shape index (κ1) is 40.2. The SMILES string of the molecule is CC1C(C)(C)c2cccc(-c3ccc(-c4ccc(-n5c6ccccc6c6ccc7c8ccccc8n(-c8nc(-c9ccccc9)nc(-c9ccc%10ccccc%10c9)n8)c7c65)cc4)cc3)c2C1(C)C. The smallest absolute Gasteiger partial charge is 0.238 e. The van der Waals surface area contributed by atoms with E-state index < -0.39 is 0 Å². The lowest BCUT2D eigenvalue weighted by molar-refractivity contribution is 0.264. The van der Waals surface area contributed by atoms with Gasteiger partial charge in [0.05, 0.1) is 22.1 Å². The van der Waals surface area contributed by atoms with Gasteiger partial charge in [-0.15, -0.1) is 0 Å². The Bertz CT molecular complexity index is 3970. The van der Waals surface area contributed by atoms with E-state index in [-0.39, 0.29) is 10.8 Å². The Morgan fingerprint density at radius 3 is 1.63 bits per heavy atom. The fourth-order valence-electron chi connectivity index (χ4n) is 11.6. The molecule has 0 aliphatic heterocycles. The third-order valence-corrected chi connectivity index (χ3v) is 15.6. The van der Waals surface area contributed by atoms with Crippen LogP contribution in [0.5, 0.6) is 0 Å². The molecule has 68 heavy (non-hydrogen) atoms. The van der Waals surface area contributed by atoms with Crippen molar-refractivity contribution in [3.05, 3.63) is 211 Å². The second-order valence-electron chi connectivity index (χ2n) is 19.8. The summed E-state index contributed by atoms with van der Waals surface area (Å²) in [4.78, 5) is 15.9. The van der Waals surface area contributed by atoms with E-state index in [0.29, 0.717) is 23.5 Å². The molecule has 0 saturated carbocycles. The average Bonchev–Trinajstić information content (AvgIpc) is 3.95. The molecule has 12 aromatic rings. The molecule has 3 aromatic heterocycles. The van der Waals surface area contributed by atoms with Crippen molar-refractivity contribution in [2.24, 2.45) is 5.92 Å². The highest BCUT2D eigenvalue weighted by Crippen LogP contribution is 2.56. The van der Waals surface area contributed by atoms with Crippen LogP contribution in [0.2, 0.25) is 0 Å². The van der Waals surface area contributed by atoms with E-state index in [4.69, 9.17) is 15.0 Å². The van der Waals surface area contributed by atoms with E-state index in [0.717, 1.165) is 60.4 Å². The molecule has 13 rings (SSSR count). The fourth-order valence-corrected chi connectivity index (χ4v) is 11.6. The molecule has 3 heterocycles. The van der Waals surface area contributed by atoms with Crippen molar-refractivity contribution >= 4 is 54.4 Å². The van der Waals surface area contributed by atoms with E-state index in [1.807, 2.05) is 18.2 Å². The maximum Gasteiger partial charge on any atom is 0.238 e. The summed E-state index contributed by atoms with van der Waals surface area (Å²) in [5.74, 6) is 2.34. The molecule has 1 unspecified atom stereocenters. The average molecular weight is 876 g/mol. The van der Waals surface area contributed by atoms with Crippen LogP contribution in [-0.2, 0) is 10.8 Å². The van der Waals surface area contributed by atoms with Gasteiger partial charge in [-0.25, -0.2) is 4.98 Å². The van der Waals surface area contributed by atoms with Crippen LogP contribution in [0.25, 0.3) is 111 Å². The fraction of sp³-hybridized carbons (Fsp3) is 0.127. The van der Waals surface area contributed by atoms with Crippen LogP contribution in [0.3, 0.4) is 0 Å². The lowest BCUT2D eigenvalue weighted by Gasteiger charge is -2.33. The predicted octanol–water partition coefficient (Wildman–Crippen LogP) is 16.1. The molecule has 0 fully saturated rings. The number of nitrogens with zero attached hydrogens (tertiary/aromatic N) is 5. The van der Waals surface area contributed by atoms with Gasteiger partial charge in [0.2, 0.25) is 5.95 Å². The maximum absolute atomic E-state index is 5.38. The van der Waals surface area contributed by atoms with Crippen LogP contribution in [0, 0.1) is 5.92 Å². The van der Waals surface area contributed by atoms with Crippen molar-refractivity contribution in [3.63, 3.8) is 0 Å². The number of aromatic nitrogens is 5. The minimum Gasteiger partial charge on any atom is -0.307 e. The first-order valence-electron chi connectivity index (χ1n) is 23.8. The summed E-state index contributed by atoms with van der Waals surface area (Å²) >= 11 is 0. The Hall–Kier alpha value is -8.15. The van der Waals surface area contributed by atoms with Gasteiger partial charge in [-0.3, -0.25) is 4.57 Å². The van der Waals surface area contributed by atoms with Gasteiger partial charge in [0.15, 0.2) is 11.6 Å². The largest absolute Gasteiger partial charge is 0.307 e. The van der Waals surface area contributed by atoms with Gasteiger partial charge in [-0.1, -0.05) is 204 Å². The van der Waals surface area contributed by atoms with Crippen LogP contribution >= 0.6 is 0 Å². The topological polar surface area (TPSA) is 48.5 Å². The third-order valence-electron chi connectivity index (χ3n) is 15.6. The quantitative estimate of drug-likeness (QED) is 0.167. The van der Waals surface area contributed by atoms with Crippen LogP contribution in [0.1, 0.15) is 45.7 Å². The van der Waals surface area contributed by atoms with Gasteiger partial charge in [0.25, 0.3) is 0 Å². The molecule has 0 saturated heterocycles. The highest BCUT2D eigenvalue weighted by atomic mass is 15.2. The second kappa shape index (κ2) is 14.9. The molecule has 0 bridgehead atoms. The van der Waals surface area contributed by atoms with E-state index in [1.165, 1.54) is 44.2 Å². The minimum atomic E-state index is 0.0773. The van der Waals surface area contributed by atoms with Gasteiger partial charge in [-0.05, 0) is 91.2 Å². The first-order valence-corrected chi connectivity index (χ1v) is 23.8. The van der Waals surface area contributed by atoms with E-state index in [9.17, 15) is 0 Å². The van der Waals surface area contributed by atoms with Gasteiger partial charge < -0.3 is 4.57 Å². The Balaban J connectivity index is 0.987. The zero-order valence-corrected chi connectivity index (χ0v) is 38.9. The van der Waals surface area contributed by atoms with Crippen LogP contribution in [0.15, 0.2) is 200 Å². The van der Waals surface area contributed by atoms with Gasteiger partial charge >= 0.3 is 0 Å². The van der Waals surface area contributed by atoms with Gasteiger partial charge in [0.1, 0.15) is 0 Å². The van der Waals surface area contributed by atoms with Crippen molar-refractivity contribution in [1.82, 2.24) is 24.1 Å². The molecule has 1 aliphatic rings. The Morgan fingerprint density at radius 2 is 0.941 bits per heavy atom. The zero-order valence-electron chi connectivity index (χ0n) is 38.9. The van der Waals surface area contributed by atoms with Crippen molar-refractivity contribution < 1.29 is 0 Å². The lowest BCUT2D eigenvalue weighted by Crippen LogP contribution is -2.31. The summed E-state index contributed by atoms with van der Waals surface area (Å²) in [5.41, 5.74) is 15.4. The number of benzene rings is 9. The Morgan fingerprint density at radius 1 is 0.397 bits per heavy atom. The summed E-state index contributed by atoms with van der Waals surface area (Å²) < 4.78 is 4.70. The first-order chi connectivity index (χ1) is 33.1. The molecule has 0 N–H and O–H groups in total. The van der Waals surface area contributed by atoms with Crippen molar-refractivity contribution in [2.75, 3.05) is 0 Å². The molecule has 0 radical (unpaired) electrons. The molecule has 1 aliphatic carbocycles. The highest BCUT2D eigenvalue weighted by molar-refractivity contribution is 6.23. The maximum atomic E-state index is 5.38. The monoisotopic (exact) mass is 875 g/mol. The molecule has 326 valence electrons. The number of rotatable bonds is 6. The summed E-state index contributed by atoms with van der Waals surface area (Å²) in [6.45, 7) is 12.1. The number of para-hydroxylation sites is 2.